The molecule has 1 atom stereocenters. The van der Waals surface area contributed by atoms with Crippen LogP contribution in [0.3, 0.4) is 0 Å². The second kappa shape index (κ2) is 7.66. The van der Waals surface area contributed by atoms with E-state index in [9.17, 15) is 9.59 Å². The fourth-order valence-corrected chi connectivity index (χ4v) is 3.05. The molecule has 0 saturated heterocycles. The maximum atomic E-state index is 12.1. The van der Waals surface area contributed by atoms with Crippen LogP contribution in [-0.4, -0.2) is 37.5 Å². The van der Waals surface area contributed by atoms with Crippen LogP contribution in [0.25, 0.3) is 0 Å². The minimum Gasteiger partial charge on any atom is -0.495 e. The summed E-state index contributed by atoms with van der Waals surface area (Å²) in [6, 6.07) is 1.59. The number of carbonyl (C=O) groups excluding carboxylic acids is 2. The first-order valence-electron chi connectivity index (χ1n) is 7.99. The van der Waals surface area contributed by atoms with Crippen LogP contribution in [0.5, 0.6) is 17.2 Å². The Morgan fingerprint density at radius 3 is 2.56 bits per heavy atom. The fourth-order valence-electron chi connectivity index (χ4n) is 2.96. The van der Waals surface area contributed by atoms with E-state index in [-0.39, 0.29) is 28.6 Å². The topological polar surface area (TPSA) is 71.1 Å². The first kappa shape index (κ1) is 19.6. The second-order valence-corrected chi connectivity index (χ2v) is 6.94. The molecule has 1 aromatic rings. The number of ether oxygens (including phenoxy) is 4. The summed E-state index contributed by atoms with van der Waals surface area (Å²) in [6.45, 7) is 7.25. The molecular weight excluding hydrogens is 344 g/mol. The lowest BCUT2D eigenvalue weighted by molar-refractivity contribution is -0.131. The lowest BCUT2D eigenvalue weighted by atomic mass is 9.84. The Morgan fingerprint density at radius 1 is 1.36 bits per heavy atom. The molecule has 0 spiro atoms. The Kier molecular flexibility index (Phi) is 6.00. The van der Waals surface area contributed by atoms with Gasteiger partial charge < -0.3 is 18.9 Å². The van der Waals surface area contributed by atoms with Gasteiger partial charge in [0.25, 0.3) is 0 Å². The van der Waals surface area contributed by atoms with Gasteiger partial charge in [-0.3, -0.25) is 9.59 Å². The zero-order valence-electron chi connectivity index (χ0n) is 15.2. The van der Waals surface area contributed by atoms with Crippen LogP contribution in [0, 0.1) is 5.41 Å². The lowest BCUT2D eigenvalue weighted by Crippen LogP contribution is -2.37. The van der Waals surface area contributed by atoms with Gasteiger partial charge in [-0.05, 0) is 6.92 Å². The number of hydrogen-bond donors (Lipinski definition) is 1. The van der Waals surface area contributed by atoms with E-state index in [1.165, 1.54) is 21.0 Å². The molecule has 0 saturated carbocycles. The van der Waals surface area contributed by atoms with Crippen molar-refractivity contribution in [3.63, 3.8) is 0 Å². The molecule has 1 unspecified atom stereocenters. The Morgan fingerprint density at radius 2 is 2.04 bits per heavy atom. The second-order valence-electron chi connectivity index (χ2n) is 6.69. The fraction of sp³-hybridized carbons (Fsp3) is 0.556. The molecule has 1 aliphatic heterocycles. The van der Waals surface area contributed by atoms with Crippen LogP contribution >= 0.6 is 12.6 Å². The monoisotopic (exact) mass is 368 g/mol. The summed E-state index contributed by atoms with van der Waals surface area (Å²) in [7, 11) is 1.49. The number of Topliss-reactive ketones (excluding diaryl/α,β-unsaturated/α-hetero) is 1. The predicted molar refractivity (Wildman–Crippen MR) is 96.0 cm³/mol. The molecule has 1 heterocycles. The van der Waals surface area contributed by atoms with Gasteiger partial charge >= 0.3 is 5.97 Å². The molecular formula is C18H24O6S. The van der Waals surface area contributed by atoms with E-state index in [0.717, 1.165) is 5.56 Å². The van der Waals surface area contributed by atoms with Gasteiger partial charge in [-0.25, -0.2) is 0 Å². The smallest absolute Gasteiger partial charge is 0.308 e. The zero-order valence-corrected chi connectivity index (χ0v) is 16.1. The lowest BCUT2D eigenvalue weighted by Gasteiger charge is -2.30. The summed E-state index contributed by atoms with van der Waals surface area (Å²) < 4.78 is 22.2. The van der Waals surface area contributed by atoms with Gasteiger partial charge in [-0.2, -0.15) is 12.6 Å². The van der Waals surface area contributed by atoms with E-state index in [2.05, 4.69) is 12.6 Å². The summed E-state index contributed by atoms with van der Waals surface area (Å²) in [5.74, 6) is 0.688. The number of ketones is 1. The molecule has 1 aliphatic rings. The summed E-state index contributed by atoms with van der Waals surface area (Å²) in [6.07, 6.45) is 0.408. The SMILES string of the molecule is COc1c2c(cc(OC(C)=O)c1C(C)=O)OC(C(C)(C)COCS)C2. The minimum atomic E-state index is -0.512. The third kappa shape index (κ3) is 4.10. The van der Waals surface area contributed by atoms with Gasteiger partial charge in [0.1, 0.15) is 28.9 Å². The van der Waals surface area contributed by atoms with Gasteiger partial charge in [-0.1, -0.05) is 13.8 Å². The first-order chi connectivity index (χ1) is 11.7. The molecule has 7 heteroatoms. The van der Waals surface area contributed by atoms with E-state index >= 15 is 0 Å². The van der Waals surface area contributed by atoms with E-state index in [0.29, 0.717) is 30.5 Å². The van der Waals surface area contributed by atoms with Crippen molar-refractivity contribution in [2.75, 3.05) is 19.7 Å². The van der Waals surface area contributed by atoms with Crippen LogP contribution in [0.15, 0.2) is 6.07 Å². The normalized spacial score (nSPS) is 16.2. The number of carbonyl (C=O) groups is 2. The summed E-state index contributed by atoms with van der Waals surface area (Å²) in [5.41, 5.74) is 0.780. The largest absolute Gasteiger partial charge is 0.495 e. The molecule has 0 aromatic heterocycles. The Balaban J connectivity index is 2.45. The summed E-state index contributed by atoms with van der Waals surface area (Å²) in [5, 5.41) is 0. The molecule has 0 N–H and O–H groups in total. The van der Waals surface area contributed by atoms with E-state index in [1.54, 1.807) is 6.07 Å². The third-order valence-electron chi connectivity index (χ3n) is 4.21. The molecule has 0 fully saturated rings. The molecule has 0 aliphatic carbocycles. The molecule has 0 radical (unpaired) electrons. The number of rotatable bonds is 7. The van der Waals surface area contributed by atoms with Gasteiger partial charge in [0.2, 0.25) is 0 Å². The highest BCUT2D eigenvalue weighted by Gasteiger charge is 2.40. The Labute approximate surface area is 153 Å². The molecule has 1 aromatic carbocycles. The van der Waals surface area contributed by atoms with E-state index < -0.39 is 5.97 Å². The average molecular weight is 368 g/mol. The van der Waals surface area contributed by atoms with E-state index in [4.69, 9.17) is 18.9 Å². The first-order valence-corrected chi connectivity index (χ1v) is 8.63. The standard InChI is InChI=1S/C18H24O6S/c1-10(19)16-14(23-11(2)20)7-13-12(17(16)21-5)6-15(24-13)18(3,4)8-22-9-25/h7,15,25H,6,8-9H2,1-5H3. The van der Waals surface area contributed by atoms with E-state index in [1.807, 2.05) is 13.8 Å². The van der Waals surface area contributed by atoms with Gasteiger partial charge in [0.05, 0.1) is 19.7 Å². The van der Waals surface area contributed by atoms with Gasteiger partial charge in [0, 0.05) is 30.4 Å². The van der Waals surface area contributed by atoms with Crippen molar-refractivity contribution in [2.45, 2.75) is 40.2 Å². The summed E-state index contributed by atoms with van der Waals surface area (Å²) >= 11 is 4.07. The number of methoxy groups -OCH3 is 1. The quantitative estimate of drug-likeness (QED) is 0.262. The van der Waals surface area contributed by atoms with Crippen molar-refractivity contribution in [1.82, 2.24) is 0 Å². The number of fused-ring (bicyclic) bond motifs is 1. The molecule has 0 bridgehead atoms. The van der Waals surface area contributed by atoms with Crippen molar-refractivity contribution in [2.24, 2.45) is 5.41 Å². The van der Waals surface area contributed by atoms with Crippen molar-refractivity contribution in [3.05, 3.63) is 17.2 Å². The summed E-state index contributed by atoms with van der Waals surface area (Å²) in [4.78, 5) is 23.5. The number of benzene rings is 1. The van der Waals surface area contributed by atoms with Crippen molar-refractivity contribution in [1.29, 1.82) is 0 Å². The molecule has 138 valence electrons. The van der Waals surface area contributed by atoms with Crippen LogP contribution in [0.2, 0.25) is 0 Å². The number of thiol groups is 1. The highest BCUT2D eigenvalue weighted by Crippen LogP contribution is 2.46. The molecule has 6 nitrogen and oxygen atoms in total. The van der Waals surface area contributed by atoms with Crippen molar-refractivity contribution >= 4 is 24.4 Å². The van der Waals surface area contributed by atoms with Crippen molar-refractivity contribution in [3.8, 4) is 17.2 Å². The number of esters is 1. The minimum absolute atomic E-state index is 0.153. The highest BCUT2D eigenvalue weighted by molar-refractivity contribution is 7.80. The van der Waals surface area contributed by atoms with Gasteiger partial charge in [-0.15, -0.1) is 0 Å². The van der Waals surface area contributed by atoms with Crippen LogP contribution < -0.4 is 14.2 Å². The molecule has 2 rings (SSSR count). The Bertz CT molecular complexity index is 683. The third-order valence-corrected chi connectivity index (χ3v) is 4.40. The maximum Gasteiger partial charge on any atom is 0.308 e. The molecule has 25 heavy (non-hydrogen) atoms. The van der Waals surface area contributed by atoms with Crippen LogP contribution in [-0.2, 0) is 16.0 Å². The predicted octanol–water partition coefficient (Wildman–Crippen LogP) is 3.06. The Hall–Kier alpha value is -1.73. The average Bonchev–Trinajstić information content (AvgIpc) is 2.95. The van der Waals surface area contributed by atoms with Crippen LogP contribution in [0.1, 0.15) is 43.6 Å². The highest BCUT2D eigenvalue weighted by atomic mass is 32.1. The zero-order chi connectivity index (χ0) is 18.8. The maximum absolute atomic E-state index is 12.1. The van der Waals surface area contributed by atoms with Crippen LogP contribution in [0.4, 0.5) is 0 Å². The van der Waals surface area contributed by atoms with Crippen molar-refractivity contribution < 1.29 is 28.5 Å². The van der Waals surface area contributed by atoms with Gasteiger partial charge in [0.15, 0.2) is 5.78 Å². The number of hydrogen-bond acceptors (Lipinski definition) is 7. The molecule has 0 amide bonds.